The Bertz CT molecular complexity index is 1760. The van der Waals surface area contributed by atoms with E-state index in [9.17, 15) is 18.0 Å². The molecule has 7 nitrogen and oxygen atoms in total. The van der Waals surface area contributed by atoms with Crippen LogP contribution in [0.3, 0.4) is 0 Å². The highest BCUT2D eigenvalue weighted by Crippen LogP contribution is 2.28. The summed E-state index contributed by atoms with van der Waals surface area (Å²) in [6.45, 7) is 1.32. The van der Waals surface area contributed by atoms with Crippen LogP contribution in [0.25, 0.3) is 0 Å². The van der Waals surface area contributed by atoms with Crippen LogP contribution in [0.4, 0.5) is 5.69 Å². The normalized spacial score (nSPS) is 14.1. The number of nitrogens with one attached hydrogen (secondary N) is 1. The standard InChI is InChI=1S/C36H37Cl2N3O4S/c1-26-10-9-16-31(22-26)41(46(44,45)32-20-18-29(37)19-21-32)25-35(42)40(24-28-13-5-8-17-33(28)38)34(23-27-11-3-2-4-12-27)36(43)39-30-14-6-7-15-30/h2-5,8-13,16-22,30,34H,6-7,14-15,23-25H2,1H3,(H,39,43). The van der Waals surface area contributed by atoms with Gasteiger partial charge in [0.15, 0.2) is 0 Å². The van der Waals surface area contributed by atoms with Crippen LogP contribution < -0.4 is 9.62 Å². The van der Waals surface area contributed by atoms with Crippen molar-refractivity contribution in [2.75, 3.05) is 10.8 Å². The van der Waals surface area contributed by atoms with Crippen LogP contribution in [-0.4, -0.2) is 43.8 Å². The Labute approximate surface area is 281 Å². The van der Waals surface area contributed by atoms with Crippen molar-refractivity contribution in [1.82, 2.24) is 10.2 Å². The molecule has 0 saturated heterocycles. The summed E-state index contributed by atoms with van der Waals surface area (Å²) < 4.78 is 29.4. The van der Waals surface area contributed by atoms with Gasteiger partial charge in [0, 0.05) is 29.1 Å². The van der Waals surface area contributed by atoms with E-state index >= 15 is 0 Å². The first-order chi connectivity index (χ1) is 22.1. The second kappa shape index (κ2) is 15.2. The molecule has 2 amide bonds. The molecule has 0 spiro atoms. The maximum atomic E-state index is 14.6. The van der Waals surface area contributed by atoms with Crippen molar-refractivity contribution < 1.29 is 18.0 Å². The fraction of sp³-hybridized carbons (Fsp3) is 0.278. The molecule has 1 aliphatic carbocycles. The highest BCUT2D eigenvalue weighted by molar-refractivity contribution is 7.92. The van der Waals surface area contributed by atoms with Crippen LogP contribution in [0.15, 0.2) is 108 Å². The molecule has 0 aliphatic heterocycles. The lowest BCUT2D eigenvalue weighted by atomic mass is 10.0. The van der Waals surface area contributed by atoms with Gasteiger partial charge in [-0.1, -0.05) is 96.7 Å². The Morgan fingerprint density at radius 3 is 2.22 bits per heavy atom. The zero-order valence-electron chi connectivity index (χ0n) is 25.6. The van der Waals surface area contributed by atoms with Crippen molar-refractivity contribution in [2.45, 2.75) is 62.6 Å². The first-order valence-electron chi connectivity index (χ1n) is 15.3. The first-order valence-corrected chi connectivity index (χ1v) is 17.5. The number of amides is 2. The van der Waals surface area contributed by atoms with Gasteiger partial charge in [0.25, 0.3) is 10.0 Å². The molecule has 46 heavy (non-hydrogen) atoms. The van der Waals surface area contributed by atoms with E-state index in [1.54, 1.807) is 36.4 Å². The molecule has 1 saturated carbocycles. The number of carbonyl (C=O) groups is 2. The molecule has 0 radical (unpaired) electrons. The van der Waals surface area contributed by atoms with Crippen LogP contribution in [0.2, 0.25) is 10.0 Å². The zero-order chi connectivity index (χ0) is 32.7. The summed E-state index contributed by atoms with van der Waals surface area (Å²) in [7, 11) is -4.22. The van der Waals surface area contributed by atoms with Gasteiger partial charge in [0.2, 0.25) is 11.8 Å². The minimum Gasteiger partial charge on any atom is -0.352 e. The van der Waals surface area contributed by atoms with Crippen molar-refractivity contribution in [1.29, 1.82) is 0 Å². The van der Waals surface area contributed by atoms with Gasteiger partial charge in [-0.05, 0) is 78.9 Å². The van der Waals surface area contributed by atoms with Gasteiger partial charge in [-0.2, -0.15) is 0 Å². The van der Waals surface area contributed by atoms with Crippen LogP contribution in [0.5, 0.6) is 0 Å². The molecule has 1 unspecified atom stereocenters. The van der Waals surface area contributed by atoms with Crippen molar-refractivity contribution in [2.24, 2.45) is 0 Å². The second-order valence-electron chi connectivity index (χ2n) is 11.6. The molecular formula is C36H37Cl2N3O4S. The molecular weight excluding hydrogens is 641 g/mol. The van der Waals surface area contributed by atoms with E-state index in [0.717, 1.165) is 41.1 Å². The molecule has 5 rings (SSSR count). The maximum absolute atomic E-state index is 14.6. The molecule has 1 N–H and O–H groups in total. The average molecular weight is 679 g/mol. The second-order valence-corrected chi connectivity index (χ2v) is 14.3. The minimum atomic E-state index is -4.22. The molecule has 4 aromatic carbocycles. The van der Waals surface area contributed by atoms with Crippen molar-refractivity contribution in [3.05, 3.63) is 130 Å². The molecule has 1 aliphatic rings. The SMILES string of the molecule is Cc1cccc(N(CC(=O)N(Cc2ccccc2Cl)C(Cc2ccccc2)C(=O)NC2CCCC2)S(=O)(=O)c2ccc(Cl)cc2)c1. The van der Waals surface area contributed by atoms with E-state index in [1.165, 1.54) is 29.2 Å². The third-order valence-corrected chi connectivity index (χ3v) is 10.7. The van der Waals surface area contributed by atoms with E-state index < -0.39 is 28.5 Å². The van der Waals surface area contributed by atoms with Gasteiger partial charge in [0.1, 0.15) is 12.6 Å². The van der Waals surface area contributed by atoms with Gasteiger partial charge in [-0.3, -0.25) is 13.9 Å². The summed E-state index contributed by atoms with van der Waals surface area (Å²) in [6.07, 6.45) is 4.06. The number of anilines is 1. The van der Waals surface area contributed by atoms with Gasteiger partial charge in [0.05, 0.1) is 10.6 Å². The number of benzene rings is 4. The number of hydrogen-bond acceptors (Lipinski definition) is 4. The van der Waals surface area contributed by atoms with Gasteiger partial charge in [-0.25, -0.2) is 8.42 Å². The molecule has 0 heterocycles. The number of hydrogen-bond donors (Lipinski definition) is 1. The Kier molecular flexibility index (Phi) is 11.0. The summed E-state index contributed by atoms with van der Waals surface area (Å²) in [5.41, 5.74) is 2.67. The van der Waals surface area contributed by atoms with Crippen LogP contribution in [-0.2, 0) is 32.6 Å². The number of carbonyl (C=O) groups excluding carboxylic acids is 2. The fourth-order valence-electron chi connectivity index (χ4n) is 5.78. The summed E-state index contributed by atoms with van der Waals surface area (Å²) in [5.74, 6) is -0.819. The maximum Gasteiger partial charge on any atom is 0.264 e. The number of nitrogens with zero attached hydrogens (tertiary/aromatic N) is 2. The van der Waals surface area contributed by atoms with Crippen molar-refractivity contribution in [3.8, 4) is 0 Å². The molecule has 10 heteroatoms. The van der Waals surface area contributed by atoms with Gasteiger partial charge < -0.3 is 10.2 Å². The average Bonchev–Trinajstić information content (AvgIpc) is 3.56. The molecule has 0 aromatic heterocycles. The molecule has 1 atom stereocenters. The van der Waals surface area contributed by atoms with E-state index in [0.29, 0.717) is 21.3 Å². The van der Waals surface area contributed by atoms with Crippen LogP contribution >= 0.6 is 23.2 Å². The smallest absolute Gasteiger partial charge is 0.264 e. The lowest BCUT2D eigenvalue weighted by Gasteiger charge is -2.34. The third kappa shape index (κ3) is 8.29. The molecule has 4 aromatic rings. The summed E-state index contributed by atoms with van der Waals surface area (Å²) in [5, 5.41) is 4.01. The summed E-state index contributed by atoms with van der Waals surface area (Å²) in [6, 6.07) is 28.5. The van der Waals surface area contributed by atoms with E-state index in [2.05, 4.69) is 5.32 Å². The van der Waals surface area contributed by atoms with E-state index in [4.69, 9.17) is 23.2 Å². The number of halogens is 2. The number of sulfonamides is 1. The topological polar surface area (TPSA) is 86.8 Å². The highest BCUT2D eigenvalue weighted by atomic mass is 35.5. The lowest BCUT2D eigenvalue weighted by Crippen LogP contribution is -2.54. The fourth-order valence-corrected chi connectivity index (χ4v) is 7.50. The Morgan fingerprint density at radius 1 is 0.870 bits per heavy atom. The monoisotopic (exact) mass is 677 g/mol. The minimum absolute atomic E-state index is 0.0105. The highest BCUT2D eigenvalue weighted by Gasteiger charge is 2.35. The summed E-state index contributed by atoms with van der Waals surface area (Å²) in [4.78, 5) is 30.2. The quantitative estimate of drug-likeness (QED) is 0.172. The van der Waals surface area contributed by atoms with Crippen LogP contribution in [0, 0.1) is 6.92 Å². The van der Waals surface area contributed by atoms with Crippen LogP contribution in [0.1, 0.15) is 42.4 Å². The zero-order valence-corrected chi connectivity index (χ0v) is 27.9. The molecule has 0 bridgehead atoms. The Balaban J connectivity index is 1.57. The first kappa shape index (κ1) is 33.5. The predicted octanol–water partition coefficient (Wildman–Crippen LogP) is 7.20. The van der Waals surface area contributed by atoms with Crippen molar-refractivity contribution >= 4 is 50.7 Å². The molecule has 1 fully saturated rings. The van der Waals surface area contributed by atoms with Gasteiger partial charge >= 0.3 is 0 Å². The predicted molar refractivity (Wildman–Crippen MR) is 183 cm³/mol. The van der Waals surface area contributed by atoms with E-state index in [-0.39, 0.29) is 29.8 Å². The molecule has 240 valence electrons. The van der Waals surface area contributed by atoms with Gasteiger partial charge in [-0.15, -0.1) is 0 Å². The lowest BCUT2D eigenvalue weighted by molar-refractivity contribution is -0.140. The van der Waals surface area contributed by atoms with Crippen molar-refractivity contribution in [3.63, 3.8) is 0 Å². The third-order valence-electron chi connectivity index (χ3n) is 8.24. The Morgan fingerprint density at radius 2 is 1.54 bits per heavy atom. The number of aryl methyl sites for hydroxylation is 1. The van der Waals surface area contributed by atoms with E-state index in [1.807, 2.05) is 49.4 Å². The number of rotatable bonds is 12. The summed E-state index contributed by atoms with van der Waals surface area (Å²) >= 11 is 12.7. The Hall–Kier alpha value is -3.85. The largest absolute Gasteiger partial charge is 0.352 e.